The van der Waals surface area contributed by atoms with Gasteiger partial charge in [0.1, 0.15) is 7.85 Å². The van der Waals surface area contributed by atoms with E-state index in [1.807, 2.05) is 6.07 Å². The van der Waals surface area contributed by atoms with E-state index >= 15 is 0 Å². The van der Waals surface area contributed by atoms with Crippen molar-refractivity contribution in [3.63, 3.8) is 0 Å². The maximum Gasteiger partial charge on any atom is 0.122 e. The summed E-state index contributed by atoms with van der Waals surface area (Å²) in [6, 6.07) is 54.5. The molecule has 2 heteroatoms. The standard InChI is InChI=1S/C28H27B.C10H15N/c1-2-27(23-15-7-3-8-16-23,24-17-9-4-10-18-24)28(29,25-19-11-5-12-20-25)26-21-13-6-14-22-26;1-3-11(4-2)10-8-6-5-7-9-10/h3-22H,2,29H2,1H3;5-9H,3-4H2,1-2H3. The van der Waals surface area contributed by atoms with Crippen LogP contribution < -0.4 is 4.90 Å². The van der Waals surface area contributed by atoms with Crippen LogP contribution in [0.25, 0.3) is 0 Å². The average molecular weight is 524 g/mol. The molecule has 0 aliphatic rings. The summed E-state index contributed by atoms with van der Waals surface area (Å²) in [7, 11) is 2.42. The SMILES string of the molecule is BC(c1ccccc1)(c1ccccc1)C(CC)(c1ccccc1)c1ccccc1.CCN(CC)c1ccccc1. The van der Waals surface area contributed by atoms with Gasteiger partial charge >= 0.3 is 0 Å². The van der Waals surface area contributed by atoms with Crippen molar-refractivity contribution in [2.45, 2.75) is 37.9 Å². The maximum atomic E-state index is 2.42. The molecule has 0 fully saturated rings. The number of nitrogens with zero attached hydrogens (tertiary/aromatic N) is 1. The van der Waals surface area contributed by atoms with Crippen LogP contribution >= 0.6 is 0 Å². The molecule has 0 aromatic heterocycles. The predicted molar refractivity (Wildman–Crippen MR) is 176 cm³/mol. The molecule has 5 rings (SSSR count). The first-order valence-corrected chi connectivity index (χ1v) is 14.6. The van der Waals surface area contributed by atoms with Gasteiger partial charge < -0.3 is 4.90 Å². The second kappa shape index (κ2) is 13.9. The van der Waals surface area contributed by atoms with Crippen LogP contribution in [0.2, 0.25) is 0 Å². The van der Waals surface area contributed by atoms with Crippen molar-refractivity contribution < 1.29 is 0 Å². The van der Waals surface area contributed by atoms with Crippen molar-refractivity contribution in [1.82, 2.24) is 0 Å². The second-order valence-electron chi connectivity index (χ2n) is 10.4. The Morgan fingerprint density at radius 1 is 0.450 bits per heavy atom. The highest BCUT2D eigenvalue weighted by Gasteiger charge is 2.50. The molecule has 5 aromatic rings. The summed E-state index contributed by atoms with van der Waals surface area (Å²) in [5.74, 6) is 0. The van der Waals surface area contributed by atoms with Crippen LogP contribution in [0, 0.1) is 0 Å². The van der Waals surface area contributed by atoms with Gasteiger partial charge in [0.2, 0.25) is 0 Å². The first-order valence-electron chi connectivity index (χ1n) is 14.6. The average Bonchev–Trinajstić information content (AvgIpc) is 3.05. The fourth-order valence-corrected chi connectivity index (χ4v) is 6.38. The van der Waals surface area contributed by atoms with Gasteiger partial charge in [-0.05, 0) is 54.7 Å². The molecule has 0 radical (unpaired) electrons. The van der Waals surface area contributed by atoms with E-state index in [-0.39, 0.29) is 10.7 Å². The molecule has 0 unspecified atom stereocenters. The van der Waals surface area contributed by atoms with Gasteiger partial charge in [-0.3, -0.25) is 0 Å². The smallest absolute Gasteiger partial charge is 0.122 e. The molecule has 202 valence electrons. The van der Waals surface area contributed by atoms with Crippen LogP contribution in [0.5, 0.6) is 0 Å². The van der Waals surface area contributed by atoms with Crippen molar-refractivity contribution in [1.29, 1.82) is 0 Å². The van der Waals surface area contributed by atoms with Crippen molar-refractivity contribution in [3.8, 4) is 0 Å². The number of hydrogen-bond donors (Lipinski definition) is 0. The lowest BCUT2D eigenvalue weighted by Crippen LogP contribution is -2.51. The molecular formula is C38H42BN. The van der Waals surface area contributed by atoms with E-state index in [1.54, 1.807) is 0 Å². The zero-order valence-corrected chi connectivity index (χ0v) is 24.5. The summed E-state index contributed by atoms with van der Waals surface area (Å²) in [6.45, 7) is 8.85. The fourth-order valence-electron chi connectivity index (χ4n) is 6.38. The summed E-state index contributed by atoms with van der Waals surface area (Å²) >= 11 is 0. The lowest BCUT2D eigenvalue weighted by Gasteiger charge is -2.51. The quantitative estimate of drug-likeness (QED) is 0.175. The zero-order valence-electron chi connectivity index (χ0n) is 24.5. The minimum absolute atomic E-state index is 0.210. The topological polar surface area (TPSA) is 3.24 Å². The van der Waals surface area contributed by atoms with E-state index in [1.165, 1.54) is 27.9 Å². The van der Waals surface area contributed by atoms with Gasteiger partial charge in [0.05, 0.1) is 0 Å². The van der Waals surface area contributed by atoms with Gasteiger partial charge in [-0.15, -0.1) is 0 Å². The van der Waals surface area contributed by atoms with E-state index in [4.69, 9.17) is 0 Å². The zero-order chi connectivity index (χ0) is 28.3. The lowest BCUT2D eigenvalue weighted by molar-refractivity contribution is 0.394. The van der Waals surface area contributed by atoms with Crippen molar-refractivity contribution in [3.05, 3.63) is 174 Å². The van der Waals surface area contributed by atoms with Crippen LogP contribution in [0.4, 0.5) is 5.69 Å². The Hall–Kier alpha value is -4.04. The van der Waals surface area contributed by atoms with Gasteiger partial charge in [0.25, 0.3) is 0 Å². The lowest BCUT2D eigenvalue weighted by atomic mass is 9.42. The third-order valence-corrected chi connectivity index (χ3v) is 8.50. The number of para-hydroxylation sites is 1. The molecule has 0 aliphatic carbocycles. The first kappa shape index (κ1) is 29.0. The summed E-state index contributed by atoms with van der Waals surface area (Å²) in [5.41, 5.74) is 6.48. The third-order valence-electron chi connectivity index (χ3n) is 8.50. The minimum atomic E-state index is -0.243. The van der Waals surface area contributed by atoms with Gasteiger partial charge in [-0.1, -0.05) is 146 Å². The first-order chi connectivity index (χ1) is 19.6. The Labute approximate surface area is 242 Å². The van der Waals surface area contributed by atoms with Crippen molar-refractivity contribution in [2.24, 2.45) is 0 Å². The van der Waals surface area contributed by atoms with Crippen LogP contribution in [0.15, 0.2) is 152 Å². The highest BCUT2D eigenvalue weighted by molar-refractivity contribution is 6.20. The molecular weight excluding hydrogens is 481 g/mol. The van der Waals surface area contributed by atoms with Crippen molar-refractivity contribution >= 4 is 13.5 Å². The number of benzene rings is 5. The van der Waals surface area contributed by atoms with Gasteiger partial charge in [-0.25, -0.2) is 0 Å². The molecule has 0 bridgehead atoms. The van der Waals surface area contributed by atoms with E-state index in [2.05, 4.69) is 179 Å². The number of anilines is 1. The van der Waals surface area contributed by atoms with Crippen LogP contribution in [-0.2, 0) is 10.7 Å². The third kappa shape index (κ3) is 5.77. The van der Waals surface area contributed by atoms with E-state index in [0.717, 1.165) is 19.5 Å². The summed E-state index contributed by atoms with van der Waals surface area (Å²) in [6.07, 6.45) is 0.987. The van der Waals surface area contributed by atoms with Crippen LogP contribution in [-0.4, -0.2) is 20.9 Å². The predicted octanol–water partition coefficient (Wildman–Crippen LogP) is 8.49. The Morgan fingerprint density at radius 3 is 1.05 bits per heavy atom. The fraction of sp³-hybridized carbons (Fsp3) is 0.211. The van der Waals surface area contributed by atoms with Gasteiger partial charge in [0.15, 0.2) is 0 Å². The molecule has 0 N–H and O–H groups in total. The maximum absolute atomic E-state index is 2.42. The highest BCUT2D eigenvalue weighted by atomic mass is 15.1. The van der Waals surface area contributed by atoms with E-state index in [9.17, 15) is 0 Å². The summed E-state index contributed by atoms with van der Waals surface area (Å²) in [4.78, 5) is 2.33. The molecule has 40 heavy (non-hydrogen) atoms. The molecule has 0 amide bonds. The normalized spacial score (nSPS) is 11.3. The van der Waals surface area contributed by atoms with Crippen LogP contribution in [0.1, 0.15) is 49.4 Å². The molecule has 0 saturated heterocycles. The van der Waals surface area contributed by atoms with Gasteiger partial charge in [-0.2, -0.15) is 0 Å². The minimum Gasteiger partial charge on any atom is -0.372 e. The van der Waals surface area contributed by atoms with E-state index in [0.29, 0.717) is 0 Å². The van der Waals surface area contributed by atoms with Crippen molar-refractivity contribution in [2.75, 3.05) is 18.0 Å². The number of rotatable bonds is 9. The molecule has 0 heterocycles. The Bertz CT molecular complexity index is 1300. The molecule has 0 atom stereocenters. The second-order valence-corrected chi connectivity index (χ2v) is 10.4. The molecule has 0 spiro atoms. The Balaban J connectivity index is 0.000000283. The van der Waals surface area contributed by atoms with E-state index < -0.39 is 0 Å². The van der Waals surface area contributed by atoms with Crippen LogP contribution in [0.3, 0.4) is 0 Å². The monoisotopic (exact) mass is 523 g/mol. The highest BCUT2D eigenvalue weighted by Crippen LogP contribution is 2.53. The summed E-state index contributed by atoms with van der Waals surface area (Å²) < 4.78 is 0. The summed E-state index contributed by atoms with van der Waals surface area (Å²) in [5, 5.41) is -0.243. The number of hydrogen-bond acceptors (Lipinski definition) is 1. The van der Waals surface area contributed by atoms with Gasteiger partial charge in [0, 0.05) is 29.5 Å². The Kier molecular flexibility index (Phi) is 10.0. The molecule has 5 aromatic carbocycles. The largest absolute Gasteiger partial charge is 0.372 e. The molecule has 0 saturated carbocycles. The molecule has 1 nitrogen and oxygen atoms in total. The molecule has 0 aliphatic heterocycles. The Morgan fingerprint density at radius 2 is 0.750 bits per heavy atom.